The van der Waals surface area contributed by atoms with Crippen molar-refractivity contribution in [3.8, 4) is 0 Å². The van der Waals surface area contributed by atoms with E-state index in [2.05, 4.69) is 35.1 Å². The Bertz CT molecular complexity index is 357. The van der Waals surface area contributed by atoms with Crippen LogP contribution in [-0.4, -0.2) is 24.6 Å². The van der Waals surface area contributed by atoms with Crippen LogP contribution in [0.2, 0.25) is 0 Å². The Morgan fingerprint density at radius 2 is 2.06 bits per heavy atom. The molecule has 1 N–H and O–H groups in total. The van der Waals surface area contributed by atoms with Gasteiger partial charge < -0.3 is 10.2 Å². The van der Waals surface area contributed by atoms with Crippen molar-refractivity contribution < 1.29 is 0 Å². The van der Waals surface area contributed by atoms with Crippen molar-refractivity contribution in [2.75, 3.05) is 24.5 Å². The maximum Gasteiger partial charge on any atom is 0.0442 e. The first kappa shape index (κ1) is 13.3. The SMILES string of the molecule is CC(C)CNCc1cnccc1N1CCCCC1. The highest BCUT2D eigenvalue weighted by Crippen LogP contribution is 2.23. The van der Waals surface area contributed by atoms with E-state index in [4.69, 9.17) is 0 Å². The summed E-state index contributed by atoms with van der Waals surface area (Å²) in [6.07, 6.45) is 7.94. The molecule has 1 saturated heterocycles. The molecule has 0 aromatic carbocycles. The van der Waals surface area contributed by atoms with Gasteiger partial charge in [0.2, 0.25) is 0 Å². The molecule has 3 nitrogen and oxygen atoms in total. The summed E-state index contributed by atoms with van der Waals surface area (Å²) in [4.78, 5) is 6.78. The summed E-state index contributed by atoms with van der Waals surface area (Å²) in [5.41, 5.74) is 2.71. The van der Waals surface area contributed by atoms with Crippen LogP contribution in [0.3, 0.4) is 0 Å². The molecular weight excluding hydrogens is 222 g/mol. The number of nitrogens with one attached hydrogen (secondary N) is 1. The Kier molecular flexibility index (Phi) is 5.00. The molecular formula is C15H25N3. The molecule has 2 rings (SSSR count). The highest BCUT2D eigenvalue weighted by atomic mass is 15.1. The van der Waals surface area contributed by atoms with E-state index in [1.807, 2.05) is 12.4 Å². The van der Waals surface area contributed by atoms with E-state index in [9.17, 15) is 0 Å². The zero-order valence-corrected chi connectivity index (χ0v) is 11.7. The molecule has 0 radical (unpaired) electrons. The van der Waals surface area contributed by atoms with Crippen molar-refractivity contribution in [2.45, 2.75) is 39.7 Å². The summed E-state index contributed by atoms with van der Waals surface area (Å²) in [6, 6.07) is 2.16. The zero-order valence-electron chi connectivity index (χ0n) is 11.7. The normalized spacial score (nSPS) is 16.3. The van der Waals surface area contributed by atoms with E-state index >= 15 is 0 Å². The van der Waals surface area contributed by atoms with Crippen LogP contribution in [0.4, 0.5) is 5.69 Å². The Balaban J connectivity index is 2.00. The molecule has 1 aliphatic rings. The highest BCUT2D eigenvalue weighted by Gasteiger charge is 2.14. The fourth-order valence-corrected chi connectivity index (χ4v) is 2.49. The predicted octanol–water partition coefficient (Wildman–Crippen LogP) is 2.82. The number of nitrogens with zero attached hydrogens (tertiary/aromatic N) is 2. The van der Waals surface area contributed by atoms with Crippen molar-refractivity contribution in [1.29, 1.82) is 0 Å². The molecule has 18 heavy (non-hydrogen) atoms. The third-order valence-corrected chi connectivity index (χ3v) is 3.44. The van der Waals surface area contributed by atoms with Crippen LogP contribution in [0.25, 0.3) is 0 Å². The average molecular weight is 247 g/mol. The fraction of sp³-hybridized carbons (Fsp3) is 0.667. The van der Waals surface area contributed by atoms with E-state index < -0.39 is 0 Å². The maximum absolute atomic E-state index is 4.27. The van der Waals surface area contributed by atoms with Crippen LogP contribution in [0, 0.1) is 5.92 Å². The standard InChI is InChI=1S/C15H25N3/c1-13(2)10-17-12-14-11-16-7-6-15(14)18-8-4-3-5-9-18/h6-7,11,13,17H,3-5,8-10,12H2,1-2H3. The van der Waals surface area contributed by atoms with E-state index in [1.165, 1.54) is 43.6 Å². The van der Waals surface area contributed by atoms with Crippen LogP contribution >= 0.6 is 0 Å². The molecule has 100 valence electrons. The molecule has 2 heterocycles. The monoisotopic (exact) mass is 247 g/mol. The molecule has 0 bridgehead atoms. The van der Waals surface area contributed by atoms with E-state index in [0.717, 1.165) is 13.1 Å². The molecule has 0 aliphatic carbocycles. The minimum atomic E-state index is 0.695. The van der Waals surface area contributed by atoms with Gasteiger partial charge in [-0.1, -0.05) is 13.8 Å². The summed E-state index contributed by atoms with van der Waals surface area (Å²) in [6.45, 7) is 8.86. The summed E-state index contributed by atoms with van der Waals surface area (Å²) < 4.78 is 0. The van der Waals surface area contributed by atoms with Crippen LogP contribution in [0.15, 0.2) is 18.5 Å². The second-order valence-corrected chi connectivity index (χ2v) is 5.58. The van der Waals surface area contributed by atoms with Crippen LogP contribution in [0.5, 0.6) is 0 Å². The van der Waals surface area contributed by atoms with Crippen LogP contribution in [-0.2, 0) is 6.54 Å². The Morgan fingerprint density at radius 3 is 2.78 bits per heavy atom. The molecule has 3 heteroatoms. The van der Waals surface area contributed by atoms with E-state index in [1.54, 1.807) is 0 Å². The van der Waals surface area contributed by atoms with Gasteiger partial charge in [0.15, 0.2) is 0 Å². The number of aromatic nitrogens is 1. The minimum Gasteiger partial charge on any atom is -0.371 e. The van der Waals surface area contributed by atoms with Gasteiger partial charge in [-0.2, -0.15) is 0 Å². The predicted molar refractivity (Wildman–Crippen MR) is 76.8 cm³/mol. The van der Waals surface area contributed by atoms with Gasteiger partial charge in [0.1, 0.15) is 0 Å². The second-order valence-electron chi connectivity index (χ2n) is 5.58. The van der Waals surface area contributed by atoms with Gasteiger partial charge in [0.05, 0.1) is 0 Å². The fourth-order valence-electron chi connectivity index (χ4n) is 2.49. The lowest BCUT2D eigenvalue weighted by atomic mass is 10.1. The molecule has 0 atom stereocenters. The largest absolute Gasteiger partial charge is 0.371 e. The van der Waals surface area contributed by atoms with Gasteiger partial charge in [-0.05, 0) is 37.8 Å². The lowest BCUT2D eigenvalue weighted by Crippen LogP contribution is -2.31. The Labute approximate surface area is 111 Å². The topological polar surface area (TPSA) is 28.2 Å². The average Bonchev–Trinajstić information content (AvgIpc) is 2.40. The van der Waals surface area contributed by atoms with Gasteiger partial charge in [0, 0.05) is 43.3 Å². The van der Waals surface area contributed by atoms with Crippen molar-refractivity contribution in [1.82, 2.24) is 10.3 Å². The number of rotatable bonds is 5. The molecule has 1 aromatic heterocycles. The number of pyridine rings is 1. The summed E-state index contributed by atoms with van der Waals surface area (Å²) in [5, 5.41) is 3.51. The smallest absolute Gasteiger partial charge is 0.0442 e. The van der Waals surface area contributed by atoms with Gasteiger partial charge in [0.25, 0.3) is 0 Å². The van der Waals surface area contributed by atoms with Crippen LogP contribution in [0.1, 0.15) is 38.7 Å². The van der Waals surface area contributed by atoms with Gasteiger partial charge in [-0.25, -0.2) is 0 Å². The van der Waals surface area contributed by atoms with E-state index in [0.29, 0.717) is 5.92 Å². The zero-order chi connectivity index (χ0) is 12.8. The third-order valence-electron chi connectivity index (χ3n) is 3.44. The summed E-state index contributed by atoms with van der Waals surface area (Å²) in [7, 11) is 0. The summed E-state index contributed by atoms with van der Waals surface area (Å²) >= 11 is 0. The lowest BCUT2D eigenvalue weighted by molar-refractivity contribution is 0.547. The third kappa shape index (κ3) is 3.70. The number of hydrogen-bond acceptors (Lipinski definition) is 3. The van der Waals surface area contributed by atoms with Gasteiger partial charge in [-0.3, -0.25) is 4.98 Å². The Morgan fingerprint density at radius 1 is 1.28 bits per heavy atom. The van der Waals surface area contributed by atoms with E-state index in [-0.39, 0.29) is 0 Å². The Hall–Kier alpha value is -1.09. The molecule has 0 amide bonds. The highest BCUT2D eigenvalue weighted by molar-refractivity contribution is 5.52. The summed E-state index contributed by atoms with van der Waals surface area (Å²) in [5.74, 6) is 0.695. The van der Waals surface area contributed by atoms with Crippen molar-refractivity contribution in [3.63, 3.8) is 0 Å². The second kappa shape index (κ2) is 6.74. The number of anilines is 1. The molecule has 0 saturated carbocycles. The number of piperidine rings is 1. The molecule has 1 aliphatic heterocycles. The quantitative estimate of drug-likeness (QED) is 0.867. The first-order valence-electron chi connectivity index (χ1n) is 7.16. The maximum atomic E-state index is 4.27. The molecule has 0 unspecified atom stereocenters. The first-order chi connectivity index (χ1) is 8.77. The molecule has 1 aromatic rings. The molecule has 1 fully saturated rings. The van der Waals surface area contributed by atoms with Gasteiger partial charge in [-0.15, -0.1) is 0 Å². The first-order valence-corrected chi connectivity index (χ1v) is 7.16. The minimum absolute atomic E-state index is 0.695. The van der Waals surface area contributed by atoms with Crippen molar-refractivity contribution in [2.24, 2.45) is 5.92 Å². The van der Waals surface area contributed by atoms with Crippen LogP contribution < -0.4 is 10.2 Å². The lowest BCUT2D eigenvalue weighted by Gasteiger charge is -2.30. The van der Waals surface area contributed by atoms with Crippen molar-refractivity contribution >= 4 is 5.69 Å². The van der Waals surface area contributed by atoms with Gasteiger partial charge >= 0.3 is 0 Å². The molecule has 0 spiro atoms. The number of hydrogen-bond donors (Lipinski definition) is 1. The van der Waals surface area contributed by atoms with Crippen molar-refractivity contribution in [3.05, 3.63) is 24.0 Å².